The SMILES string of the molecule is CC1(C)C(C(=O)O)C1C(=O)Nc1cccc(OCC#N)c1. The summed E-state index contributed by atoms with van der Waals surface area (Å²) in [5, 5.41) is 20.2. The van der Waals surface area contributed by atoms with Crippen LogP contribution < -0.4 is 10.1 Å². The lowest BCUT2D eigenvalue weighted by Crippen LogP contribution is -2.17. The Balaban J connectivity index is 2.04. The van der Waals surface area contributed by atoms with Gasteiger partial charge in [-0.25, -0.2) is 0 Å². The second-order valence-electron chi connectivity index (χ2n) is 5.58. The molecule has 0 aliphatic heterocycles. The molecule has 2 rings (SSSR count). The summed E-state index contributed by atoms with van der Waals surface area (Å²) in [6.07, 6.45) is 0. The number of carboxylic acid groups (broad SMARTS) is 1. The van der Waals surface area contributed by atoms with E-state index in [4.69, 9.17) is 15.1 Å². The van der Waals surface area contributed by atoms with E-state index in [1.54, 1.807) is 38.1 Å². The minimum Gasteiger partial charge on any atom is -0.481 e. The number of hydrogen-bond donors (Lipinski definition) is 2. The summed E-state index contributed by atoms with van der Waals surface area (Å²) in [4.78, 5) is 23.2. The fraction of sp³-hybridized carbons (Fsp3) is 0.400. The third-order valence-corrected chi connectivity index (χ3v) is 3.78. The van der Waals surface area contributed by atoms with Crippen LogP contribution in [0.3, 0.4) is 0 Å². The van der Waals surface area contributed by atoms with Crippen LogP contribution in [0.1, 0.15) is 13.8 Å². The maximum absolute atomic E-state index is 12.2. The smallest absolute Gasteiger partial charge is 0.307 e. The minimum absolute atomic E-state index is 0.0753. The Hall–Kier alpha value is -2.55. The lowest BCUT2D eigenvalue weighted by atomic mass is 10.1. The number of benzene rings is 1. The Labute approximate surface area is 122 Å². The van der Waals surface area contributed by atoms with Crippen LogP contribution >= 0.6 is 0 Å². The van der Waals surface area contributed by atoms with E-state index in [0.29, 0.717) is 11.4 Å². The summed E-state index contributed by atoms with van der Waals surface area (Å²) in [6, 6.07) is 8.50. The molecule has 1 amide bonds. The first-order valence-electron chi connectivity index (χ1n) is 6.51. The summed E-state index contributed by atoms with van der Waals surface area (Å²) in [5.41, 5.74) is -0.0209. The predicted molar refractivity (Wildman–Crippen MR) is 74.6 cm³/mol. The molecule has 2 N–H and O–H groups in total. The van der Waals surface area contributed by atoms with Gasteiger partial charge >= 0.3 is 5.97 Å². The molecule has 1 fully saturated rings. The van der Waals surface area contributed by atoms with Gasteiger partial charge in [0.05, 0.1) is 11.8 Å². The van der Waals surface area contributed by atoms with Crippen LogP contribution in [0.25, 0.3) is 0 Å². The molecule has 1 aromatic carbocycles. The van der Waals surface area contributed by atoms with Gasteiger partial charge in [0, 0.05) is 11.8 Å². The number of carbonyl (C=O) groups is 2. The summed E-state index contributed by atoms with van der Waals surface area (Å²) >= 11 is 0. The highest BCUT2D eigenvalue weighted by Crippen LogP contribution is 2.58. The van der Waals surface area contributed by atoms with Gasteiger partial charge in [-0.2, -0.15) is 5.26 Å². The fourth-order valence-electron chi connectivity index (χ4n) is 2.59. The van der Waals surface area contributed by atoms with Crippen molar-refractivity contribution in [3.8, 4) is 11.8 Å². The number of nitriles is 1. The van der Waals surface area contributed by atoms with Gasteiger partial charge in [-0.05, 0) is 17.5 Å². The highest BCUT2D eigenvalue weighted by atomic mass is 16.5. The Morgan fingerprint density at radius 2 is 2.14 bits per heavy atom. The second-order valence-corrected chi connectivity index (χ2v) is 5.58. The Kier molecular flexibility index (Phi) is 3.85. The first-order valence-corrected chi connectivity index (χ1v) is 6.51. The van der Waals surface area contributed by atoms with E-state index in [1.807, 2.05) is 6.07 Å². The Morgan fingerprint density at radius 1 is 1.43 bits per heavy atom. The van der Waals surface area contributed by atoms with Crippen molar-refractivity contribution >= 4 is 17.6 Å². The molecule has 6 nitrogen and oxygen atoms in total. The molecule has 1 saturated carbocycles. The van der Waals surface area contributed by atoms with Crippen molar-refractivity contribution in [2.75, 3.05) is 11.9 Å². The normalized spacial score (nSPS) is 22.0. The average molecular weight is 288 g/mol. The number of hydrogen-bond acceptors (Lipinski definition) is 4. The van der Waals surface area contributed by atoms with Crippen LogP contribution in [0.4, 0.5) is 5.69 Å². The van der Waals surface area contributed by atoms with Crippen LogP contribution in [0, 0.1) is 28.6 Å². The zero-order valence-electron chi connectivity index (χ0n) is 11.8. The standard InChI is InChI=1S/C15H16N2O4/c1-15(2)11(12(15)14(19)20)13(18)17-9-4-3-5-10(8-9)21-7-6-16/h3-5,8,11-12H,7H2,1-2H3,(H,17,18)(H,19,20). The highest BCUT2D eigenvalue weighted by molar-refractivity contribution is 5.99. The lowest BCUT2D eigenvalue weighted by molar-refractivity contribution is -0.140. The van der Waals surface area contributed by atoms with Gasteiger partial charge in [0.1, 0.15) is 11.8 Å². The largest absolute Gasteiger partial charge is 0.481 e. The maximum atomic E-state index is 12.2. The number of carbonyl (C=O) groups excluding carboxylic acids is 1. The van der Waals surface area contributed by atoms with Crippen LogP contribution in [0.5, 0.6) is 5.75 Å². The molecule has 0 spiro atoms. The molecule has 0 aromatic heterocycles. The fourth-order valence-corrected chi connectivity index (χ4v) is 2.59. The van der Waals surface area contributed by atoms with Crippen molar-refractivity contribution in [2.24, 2.45) is 17.3 Å². The monoisotopic (exact) mass is 288 g/mol. The van der Waals surface area contributed by atoms with E-state index in [9.17, 15) is 9.59 Å². The first-order chi connectivity index (χ1) is 9.87. The molecular formula is C15H16N2O4. The molecule has 110 valence electrons. The van der Waals surface area contributed by atoms with Gasteiger partial charge < -0.3 is 15.2 Å². The van der Waals surface area contributed by atoms with Crippen molar-refractivity contribution in [2.45, 2.75) is 13.8 Å². The van der Waals surface area contributed by atoms with Gasteiger partial charge in [0.2, 0.25) is 5.91 Å². The molecule has 0 heterocycles. The second kappa shape index (κ2) is 5.44. The Morgan fingerprint density at radius 3 is 2.71 bits per heavy atom. The van der Waals surface area contributed by atoms with E-state index in [0.717, 1.165) is 0 Å². The Bertz CT molecular complexity index is 618. The number of rotatable bonds is 5. The molecule has 1 aromatic rings. The topological polar surface area (TPSA) is 99.4 Å². The van der Waals surface area contributed by atoms with Crippen molar-refractivity contribution in [3.05, 3.63) is 24.3 Å². The molecule has 0 radical (unpaired) electrons. The van der Waals surface area contributed by atoms with Gasteiger partial charge in [-0.15, -0.1) is 0 Å². The number of nitrogens with one attached hydrogen (secondary N) is 1. The van der Waals surface area contributed by atoms with Crippen molar-refractivity contribution in [1.82, 2.24) is 0 Å². The van der Waals surface area contributed by atoms with E-state index >= 15 is 0 Å². The lowest BCUT2D eigenvalue weighted by Gasteiger charge is -2.08. The molecule has 0 saturated heterocycles. The molecule has 2 atom stereocenters. The third-order valence-electron chi connectivity index (χ3n) is 3.78. The summed E-state index contributed by atoms with van der Waals surface area (Å²) in [5.74, 6) is -2.00. The number of anilines is 1. The van der Waals surface area contributed by atoms with Crippen LogP contribution in [0.2, 0.25) is 0 Å². The summed E-state index contributed by atoms with van der Waals surface area (Å²) < 4.78 is 5.15. The summed E-state index contributed by atoms with van der Waals surface area (Å²) in [7, 11) is 0. The van der Waals surface area contributed by atoms with E-state index < -0.39 is 23.2 Å². The molecular weight excluding hydrogens is 272 g/mol. The van der Waals surface area contributed by atoms with Gasteiger partial charge in [0.15, 0.2) is 6.61 Å². The minimum atomic E-state index is -0.953. The average Bonchev–Trinajstić information content (AvgIpc) is 3.00. The van der Waals surface area contributed by atoms with Gasteiger partial charge in [-0.3, -0.25) is 9.59 Å². The number of aliphatic carboxylic acids is 1. The van der Waals surface area contributed by atoms with Gasteiger partial charge in [0.25, 0.3) is 0 Å². The number of nitrogens with zero attached hydrogens (tertiary/aromatic N) is 1. The predicted octanol–water partition coefficient (Wildman–Crippen LogP) is 1.88. The molecule has 6 heteroatoms. The molecule has 1 aliphatic carbocycles. The van der Waals surface area contributed by atoms with Gasteiger partial charge in [-0.1, -0.05) is 19.9 Å². The molecule has 1 aliphatic rings. The number of carboxylic acids is 1. The maximum Gasteiger partial charge on any atom is 0.307 e. The summed E-state index contributed by atoms with van der Waals surface area (Å²) in [6.45, 7) is 3.46. The molecule has 0 bridgehead atoms. The number of ether oxygens (including phenoxy) is 1. The highest BCUT2D eigenvalue weighted by Gasteiger charge is 2.65. The zero-order valence-corrected chi connectivity index (χ0v) is 11.8. The third kappa shape index (κ3) is 2.97. The van der Waals surface area contributed by atoms with Crippen LogP contribution in [-0.2, 0) is 9.59 Å². The quantitative estimate of drug-likeness (QED) is 0.861. The number of amides is 1. The first kappa shape index (κ1) is 14.9. The van der Waals surface area contributed by atoms with E-state index in [2.05, 4.69) is 5.32 Å². The van der Waals surface area contributed by atoms with Crippen molar-refractivity contribution < 1.29 is 19.4 Å². The zero-order chi connectivity index (χ0) is 15.6. The molecule has 2 unspecified atom stereocenters. The van der Waals surface area contributed by atoms with Crippen LogP contribution in [-0.4, -0.2) is 23.6 Å². The van der Waals surface area contributed by atoms with Crippen LogP contribution in [0.15, 0.2) is 24.3 Å². The van der Waals surface area contributed by atoms with Crippen molar-refractivity contribution in [1.29, 1.82) is 5.26 Å². The molecule has 21 heavy (non-hydrogen) atoms. The van der Waals surface area contributed by atoms with Crippen molar-refractivity contribution in [3.63, 3.8) is 0 Å². The van der Waals surface area contributed by atoms with E-state index in [-0.39, 0.29) is 12.5 Å². The van der Waals surface area contributed by atoms with E-state index in [1.165, 1.54) is 0 Å².